The average Bonchev–Trinajstić information content (AvgIpc) is 2.90. The lowest BCUT2D eigenvalue weighted by Crippen LogP contribution is -2.19. The normalized spacial score (nSPS) is 11.4. The quantitative estimate of drug-likeness (QED) is 0.688. The molecule has 7 heteroatoms. The van der Waals surface area contributed by atoms with Crippen LogP contribution in [0.25, 0.3) is 11.0 Å². The van der Waals surface area contributed by atoms with Crippen molar-refractivity contribution >= 4 is 28.5 Å². The highest BCUT2D eigenvalue weighted by Gasteiger charge is 2.16. The van der Waals surface area contributed by atoms with Gasteiger partial charge in [-0.1, -0.05) is 31.5 Å². The van der Waals surface area contributed by atoms with Crippen LogP contribution in [0.4, 0.5) is 5.82 Å². The Hall–Kier alpha value is -2.21. The van der Waals surface area contributed by atoms with Crippen molar-refractivity contribution in [3.05, 3.63) is 41.1 Å². The predicted molar refractivity (Wildman–Crippen MR) is 91.7 cm³/mol. The molecule has 0 aliphatic heterocycles. The van der Waals surface area contributed by atoms with Gasteiger partial charge in [0.1, 0.15) is 16.8 Å². The number of nitrogens with zero attached hydrogens (tertiary/aromatic N) is 6. The molecule has 6 nitrogen and oxygen atoms in total. The number of halogens is 1. The highest BCUT2D eigenvalue weighted by Crippen LogP contribution is 2.26. The molecule has 23 heavy (non-hydrogen) atoms. The number of rotatable bonds is 4. The lowest BCUT2D eigenvalue weighted by Gasteiger charge is -2.20. The molecule has 0 saturated carbocycles. The van der Waals surface area contributed by atoms with Gasteiger partial charge in [-0.05, 0) is 11.6 Å². The smallest absolute Gasteiger partial charge is 0.163 e. The van der Waals surface area contributed by atoms with Gasteiger partial charge in [0.2, 0.25) is 0 Å². The molecule has 0 aromatic carbocycles. The fourth-order valence-electron chi connectivity index (χ4n) is 2.42. The number of hydrogen-bond donors (Lipinski definition) is 0. The maximum absolute atomic E-state index is 5.85. The van der Waals surface area contributed by atoms with Crippen molar-refractivity contribution in [1.29, 1.82) is 0 Å². The van der Waals surface area contributed by atoms with Crippen LogP contribution < -0.4 is 4.90 Å². The van der Waals surface area contributed by atoms with E-state index >= 15 is 0 Å². The minimum Gasteiger partial charge on any atom is -0.355 e. The first-order chi connectivity index (χ1) is 11.0. The number of anilines is 1. The standard InChI is InChI=1S/C16H19ClN6/c1-10(2)14-20-15(12-8-19-23(4)16(12)21-14)22(3)9-11-5-6-13(17)18-7-11/h5-8,10H,9H2,1-4H3. The minimum atomic E-state index is 0.249. The first-order valence-corrected chi connectivity index (χ1v) is 7.84. The van der Waals surface area contributed by atoms with Crippen molar-refractivity contribution in [1.82, 2.24) is 24.7 Å². The lowest BCUT2D eigenvalue weighted by molar-refractivity contribution is 0.746. The van der Waals surface area contributed by atoms with Crippen molar-refractivity contribution in [3.63, 3.8) is 0 Å². The molecule has 3 rings (SSSR count). The van der Waals surface area contributed by atoms with Crippen LogP contribution in [0.15, 0.2) is 24.5 Å². The van der Waals surface area contributed by atoms with Gasteiger partial charge < -0.3 is 4.90 Å². The fraction of sp³-hybridized carbons (Fsp3) is 0.375. The zero-order valence-electron chi connectivity index (χ0n) is 13.7. The van der Waals surface area contributed by atoms with Gasteiger partial charge in [-0.25, -0.2) is 15.0 Å². The van der Waals surface area contributed by atoms with Crippen LogP contribution in [-0.2, 0) is 13.6 Å². The van der Waals surface area contributed by atoms with Crippen LogP contribution in [0.1, 0.15) is 31.2 Å². The van der Waals surface area contributed by atoms with Crippen molar-refractivity contribution < 1.29 is 0 Å². The van der Waals surface area contributed by atoms with E-state index in [1.165, 1.54) is 0 Å². The summed E-state index contributed by atoms with van der Waals surface area (Å²) in [6.45, 7) is 4.86. The van der Waals surface area contributed by atoms with E-state index in [2.05, 4.69) is 33.8 Å². The summed E-state index contributed by atoms with van der Waals surface area (Å²) < 4.78 is 1.78. The second kappa shape index (κ2) is 6.12. The third-order valence-corrected chi connectivity index (χ3v) is 3.90. The molecule has 3 aromatic heterocycles. The zero-order chi connectivity index (χ0) is 16.6. The van der Waals surface area contributed by atoms with E-state index in [-0.39, 0.29) is 5.92 Å². The molecule has 0 aliphatic carbocycles. The molecule has 0 amide bonds. The molecule has 0 saturated heterocycles. The third kappa shape index (κ3) is 3.12. The van der Waals surface area contributed by atoms with Crippen LogP contribution >= 0.6 is 11.6 Å². The molecule has 0 N–H and O–H groups in total. The molecule has 0 unspecified atom stereocenters. The molecule has 0 radical (unpaired) electrons. The summed E-state index contributed by atoms with van der Waals surface area (Å²) in [4.78, 5) is 15.6. The lowest BCUT2D eigenvalue weighted by atomic mass is 10.2. The first kappa shape index (κ1) is 15.7. The molecule has 120 valence electrons. The highest BCUT2D eigenvalue weighted by atomic mass is 35.5. The van der Waals surface area contributed by atoms with Gasteiger partial charge in [0.15, 0.2) is 5.65 Å². The number of hydrogen-bond acceptors (Lipinski definition) is 5. The summed E-state index contributed by atoms with van der Waals surface area (Å²) in [7, 11) is 3.90. The van der Waals surface area contributed by atoms with E-state index in [0.29, 0.717) is 11.7 Å². The highest BCUT2D eigenvalue weighted by molar-refractivity contribution is 6.29. The third-order valence-electron chi connectivity index (χ3n) is 3.68. The minimum absolute atomic E-state index is 0.249. The van der Waals surface area contributed by atoms with E-state index in [1.807, 2.05) is 26.4 Å². The maximum atomic E-state index is 5.85. The molecular weight excluding hydrogens is 312 g/mol. The molecule has 0 fully saturated rings. The number of aryl methyl sites for hydroxylation is 1. The van der Waals surface area contributed by atoms with E-state index in [1.54, 1.807) is 16.9 Å². The van der Waals surface area contributed by atoms with Gasteiger partial charge >= 0.3 is 0 Å². The van der Waals surface area contributed by atoms with E-state index in [0.717, 1.165) is 28.2 Å². The molecule has 0 spiro atoms. The van der Waals surface area contributed by atoms with E-state index in [4.69, 9.17) is 16.6 Å². The number of pyridine rings is 1. The predicted octanol–water partition coefficient (Wildman–Crippen LogP) is 3.17. The van der Waals surface area contributed by atoms with Crippen molar-refractivity contribution in [2.24, 2.45) is 7.05 Å². The number of fused-ring (bicyclic) bond motifs is 1. The Bertz CT molecular complexity index is 824. The second-order valence-corrected chi connectivity index (χ2v) is 6.30. The Balaban J connectivity index is 2.01. The van der Waals surface area contributed by atoms with Crippen LogP contribution in [0.2, 0.25) is 5.15 Å². The SMILES string of the molecule is CC(C)c1nc(N(C)Cc2ccc(Cl)nc2)c2cnn(C)c2n1. The van der Waals surface area contributed by atoms with Gasteiger partial charge in [0.25, 0.3) is 0 Å². The summed E-state index contributed by atoms with van der Waals surface area (Å²) in [6.07, 6.45) is 3.59. The largest absolute Gasteiger partial charge is 0.355 e. The van der Waals surface area contributed by atoms with Gasteiger partial charge in [0.05, 0.1) is 11.6 Å². The Morgan fingerprint density at radius 2 is 2.00 bits per heavy atom. The van der Waals surface area contributed by atoms with Crippen LogP contribution in [0, 0.1) is 0 Å². The van der Waals surface area contributed by atoms with E-state index < -0.39 is 0 Å². The molecular formula is C16H19ClN6. The van der Waals surface area contributed by atoms with Crippen molar-refractivity contribution in [2.45, 2.75) is 26.3 Å². The molecule has 3 heterocycles. The summed E-state index contributed by atoms with van der Waals surface area (Å²) in [5.41, 5.74) is 1.92. The topological polar surface area (TPSA) is 59.7 Å². The summed E-state index contributed by atoms with van der Waals surface area (Å²) in [5.74, 6) is 1.94. The molecule has 0 bridgehead atoms. The van der Waals surface area contributed by atoms with Crippen molar-refractivity contribution in [2.75, 3.05) is 11.9 Å². The Kier molecular flexibility index (Phi) is 4.17. The second-order valence-electron chi connectivity index (χ2n) is 5.91. The summed E-state index contributed by atoms with van der Waals surface area (Å²) in [5, 5.41) is 5.76. The Morgan fingerprint density at radius 1 is 1.22 bits per heavy atom. The van der Waals surface area contributed by atoms with Gasteiger partial charge in [-0.15, -0.1) is 0 Å². The molecule has 3 aromatic rings. The van der Waals surface area contributed by atoms with Crippen LogP contribution in [0.3, 0.4) is 0 Å². The van der Waals surface area contributed by atoms with Crippen molar-refractivity contribution in [3.8, 4) is 0 Å². The fourth-order valence-corrected chi connectivity index (χ4v) is 2.53. The van der Waals surface area contributed by atoms with Gasteiger partial charge in [-0.3, -0.25) is 4.68 Å². The monoisotopic (exact) mass is 330 g/mol. The Morgan fingerprint density at radius 3 is 2.65 bits per heavy atom. The van der Waals surface area contributed by atoms with Gasteiger partial charge in [-0.2, -0.15) is 5.10 Å². The number of aromatic nitrogens is 5. The molecule has 0 aliphatic rings. The van der Waals surface area contributed by atoms with Gasteiger partial charge in [0, 0.05) is 32.8 Å². The van der Waals surface area contributed by atoms with E-state index in [9.17, 15) is 0 Å². The summed E-state index contributed by atoms with van der Waals surface area (Å²) >= 11 is 5.85. The Labute approximate surface area is 140 Å². The van der Waals surface area contributed by atoms with Crippen LogP contribution in [0.5, 0.6) is 0 Å². The summed E-state index contributed by atoms with van der Waals surface area (Å²) in [6, 6.07) is 3.76. The average molecular weight is 331 g/mol. The first-order valence-electron chi connectivity index (χ1n) is 7.47. The van der Waals surface area contributed by atoms with Crippen LogP contribution in [-0.4, -0.2) is 31.8 Å². The zero-order valence-corrected chi connectivity index (χ0v) is 14.4. The maximum Gasteiger partial charge on any atom is 0.163 e. The molecule has 0 atom stereocenters.